The molecule has 1 nitrogen and oxygen atoms in total. The van der Waals surface area contributed by atoms with Crippen LogP contribution >= 0.6 is 0 Å². The van der Waals surface area contributed by atoms with Gasteiger partial charge in [-0.05, 0) is 13.3 Å². The second-order valence-electron chi connectivity index (χ2n) is 2.77. The third kappa shape index (κ3) is 1.33. The highest BCUT2D eigenvalue weighted by Gasteiger charge is 2.19. The van der Waals surface area contributed by atoms with Crippen LogP contribution in [0.5, 0.6) is 0 Å². The Morgan fingerprint density at radius 1 is 1.56 bits per heavy atom. The SMILES string of the molecule is C=C1CCOC(C)C1C. The molecule has 0 aliphatic carbocycles. The third-order valence-electron chi connectivity index (χ3n) is 2.15. The highest BCUT2D eigenvalue weighted by molar-refractivity contribution is 5.03. The number of ether oxygens (including phenoxy) is 1. The van der Waals surface area contributed by atoms with Crippen LogP contribution in [-0.4, -0.2) is 12.7 Å². The Balaban J connectivity index is 2.51. The Morgan fingerprint density at radius 2 is 2.22 bits per heavy atom. The summed E-state index contributed by atoms with van der Waals surface area (Å²) in [4.78, 5) is 0. The summed E-state index contributed by atoms with van der Waals surface area (Å²) in [5.41, 5.74) is 1.34. The van der Waals surface area contributed by atoms with Crippen molar-refractivity contribution in [1.82, 2.24) is 0 Å². The molecule has 0 bridgehead atoms. The van der Waals surface area contributed by atoms with Gasteiger partial charge in [-0.15, -0.1) is 0 Å². The summed E-state index contributed by atoms with van der Waals surface area (Å²) in [6.45, 7) is 9.11. The van der Waals surface area contributed by atoms with Gasteiger partial charge in [-0.2, -0.15) is 0 Å². The van der Waals surface area contributed by atoms with E-state index in [-0.39, 0.29) is 0 Å². The molecule has 1 heteroatoms. The van der Waals surface area contributed by atoms with E-state index in [0.29, 0.717) is 12.0 Å². The first-order valence-electron chi connectivity index (χ1n) is 3.51. The minimum Gasteiger partial charge on any atom is -0.378 e. The molecular weight excluding hydrogens is 112 g/mol. The van der Waals surface area contributed by atoms with Crippen molar-refractivity contribution in [2.24, 2.45) is 5.92 Å². The molecule has 0 amide bonds. The first-order chi connectivity index (χ1) is 4.22. The molecule has 0 aromatic carbocycles. The first kappa shape index (κ1) is 6.81. The van der Waals surface area contributed by atoms with Gasteiger partial charge in [0.05, 0.1) is 12.7 Å². The molecule has 1 aliphatic heterocycles. The van der Waals surface area contributed by atoms with Crippen molar-refractivity contribution in [3.05, 3.63) is 12.2 Å². The van der Waals surface area contributed by atoms with Gasteiger partial charge in [0, 0.05) is 5.92 Å². The normalized spacial score (nSPS) is 36.9. The first-order valence-corrected chi connectivity index (χ1v) is 3.51. The van der Waals surface area contributed by atoms with E-state index in [2.05, 4.69) is 20.4 Å². The van der Waals surface area contributed by atoms with E-state index < -0.39 is 0 Å². The van der Waals surface area contributed by atoms with Crippen molar-refractivity contribution < 1.29 is 4.74 Å². The molecule has 1 saturated heterocycles. The Bertz CT molecular complexity index is 118. The Labute approximate surface area is 56.7 Å². The summed E-state index contributed by atoms with van der Waals surface area (Å²) in [7, 11) is 0. The van der Waals surface area contributed by atoms with E-state index in [0.717, 1.165) is 13.0 Å². The average Bonchev–Trinajstić information content (AvgIpc) is 1.83. The summed E-state index contributed by atoms with van der Waals surface area (Å²) in [5.74, 6) is 0.554. The van der Waals surface area contributed by atoms with E-state index in [4.69, 9.17) is 4.74 Å². The number of rotatable bonds is 0. The Kier molecular flexibility index (Phi) is 1.91. The summed E-state index contributed by atoms with van der Waals surface area (Å²) in [5, 5.41) is 0. The highest BCUT2D eigenvalue weighted by atomic mass is 16.5. The van der Waals surface area contributed by atoms with Gasteiger partial charge in [-0.1, -0.05) is 19.1 Å². The van der Waals surface area contributed by atoms with Crippen molar-refractivity contribution in [2.75, 3.05) is 6.61 Å². The van der Waals surface area contributed by atoms with Crippen LogP contribution in [0, 0.1) is 5.92 Å². The van der Waals surface area contributed by atoms with Gasteiger partial charge in [0.15, 0.2) is 0 Å². The van der Waals surface area contributed by atoms with Gasteiger partial charge in [0.25, 0.3) is 0 Å². The fourth-order valence-corrected chi connectivity index (χ4v) is 1.08. The van der Waals surface area contributed by atoms with E-state index in [1.165, 1.54) is 5.57 Å². The largest absolute Gasteiger partial charge is 0.378 e. The third-order valence-corrected chi connectivity index (χ3v) is 2.15. The van der Waals surface area contributed by atoms with E-state index in [1.54, 1.807) is 0 Å². The number of hydrogen-bond donors (Lipinski definition) is 0. The minimum absolute atomic E-state index is 0.381. The topological polar surface area (TPSA) is 9.23 Å². The quantitative estimate of drug-likeness (QED) is 0.451. The van der Waals surface area contributed by atoms with Crippen LogP contribution < -0.4 is 0 Å². The van der Waals surface area contributed by atoms with Gasteiger partial charge in [-0.25, -0.2) is 0 Å². The summed E-state index contributed by atoms with van der Waals surface area (Å²) < 4.78 is 5.40. The van der Waals surface area contributed by atoms with Crippen LogP contribution in [0.1, 0.15) is 20.3 Å². The van der Waals surface area contributed by atoms with Crippen LogP contribution in [0.15, 0.2) is 12.2 Å². The van der Waals surface area contributed by atoms with Gasteiger partial charge in [0.1, 0.15) is 0 Å². The van der Waals surface area contributed by atoms with Crippen molar-refractivity contribution in [2.45, 2.75) is 26.4 Å². The zero-order chi connectivity index (χ0) is 6.85. The Morgan fingerprint density at radius 3 is 2.67 bits per heavy atom. The second kappa shape index (κ2) is 2.53. The molecule has 2 atom stereocenters. The summed E-state index contributed by atoms with van der Waals surface area (Å²) >= 11 is 0. The van der Waals surface area contributed by atoms with Crippen molar-refractivity contribution >= 4 is 0 Å². The molecule has 0 aromatic heterocycles. The maximum absolute atomic E-state index is 5.40. The molecule has 0 aromatic rings. The zero-order valence-electron chi connectivity index (χ0n) is 6.18. The monoisotopic (exact) mass is 126 g/mol. The fourth-order valence-electron chi connectivity index (χ4n) is 1.08. The molecule has 2 unspecified atom stereocenters. The van der Waals surface area contributed by atoms with Gasteiger partial charge in [-0.3, -0.25) is 0 Å². The smallest absolute Gasteiger partial charge is 0.0609 e. The molecule has 9 heavy (non-hydrogen) atoms. The maximum atomic E-state index is 5.40. The lowest BCUT2D eigenvalue weighted by atomic mass is 9.93. The van der Waals surface area contributed by atoms with Gasteiger partial charge < -0.3 is 4.74 Å². The van der Waals surface area contributed by atoms with Crippen LogP contribution in [0.4, 0.5) is 0 Å². The van der Waals surface area contributed by atoms with Crippen LogP contribution in [0.3, 0.4) is 0 Å². The van der Waals surface area contributed by atoms with Gasteiger partial charge >= 0.3 is 0 Å². The van der Waals surface area contributed by atoms with Crippen LogP contribution in [0.25, 0.3) is 0 Å². The fraction of sp³-hybridized carbons (Fsp3) is 0.750. The second-order valence-corrected chi connectivity index (χ2v) is 2.77. The van der Waals surface area contributed by atoms with Crippen LogP contribution in [0.2, 0.25) is 0 Å². The standard InChI is InChI=1S/C8H14O/c1-6-4-5-9-8(3)7(6)2/h7-8H,1,4-5H2,2-3H3. The van der Waals surface area contributed by atoms with Crippen molar-refractivity contribution in [3.8, 4) is 0 Å². The minimum atomic E-state index is 0.381. The summed E-state index contributed by atoms with van der Waals surface area (Å²) in [6.07, 6.45) is 1.43. The molecular formula is C8H14O. The zero-order valence-corrected chi connectivity index (χ0v) is 6.18. The lowest BCUT2D eigenvalue weighted by Gasteiger charge is -2.27. The van der Waals surface area contributed by atoms with E-state index >= 15 is 0 Å². The predicted octanol–water partition coefficient (Wildman–Crippen LogP) is 1.99. The molecule has 0 radical (unpaired) electrons. The van der Waals surface area contributed by atoms with Gasteiger partial charge in [0.2, 0.25) is 0 Å². The van der Waals surface area contributed by atoms with Crippen LogP contribution in [-0.2, 0) is 4.74 Å². The lowest BCUT2D eigenvalue weighted by molar-refractivity contribution is 0.0181. The maximum Gasteiger partial charge on any atom is 0.0609 e. The molecule has 1 fully saturated rings. The van der Waals surface area contributed by atoms with Crippen molar-refractivity contribution in [1.29, 1.82) is 0 Å². The average molecular weight is 126 g/mol. The predicted molar refractivity (Wildman–Crippen MR) is 38.3 cm³/mol. The highest BCUT2D eigenvalue weighted by Crippen LogP contribution is 2.23. The summed E-state index contributed by atoms with van der Waals surface area (Å²) in [6, 6.07) is 0. The molecule has 1 rings (SSSR count). The lowest BCUT2D eigenvalue weighted by Crippen LogP contribution is -2.25. The molecule has 1 aliphatic rings. The Hall–Kier alpha value is -0.300. The molecule has 0 spiro atoms. The van der Waals surface area contributed by atoms with E-state index in [1.807, 2.05) is 0 Å². The number of hydrogen-bond acceptors (Lipinski definition) is 1. The van der Waals surface area contributed by atoms with Crippen molar-refractivity contribution in [3.63, 3.8) is 0 Å². The molecule has 52 valence electrons. The molecule has 1 heterocycles. The molecule has 0 saturated carbocycles. The van der Waals surface area contributed by atoms with E-state index in [9.17, 15) is 0 Å². The molecule has 0 N–H and O–H groups in total.